The molecule has 7 heteroatoms. The molecule has 2 aromatic carbocycles. The quantitative estimate of drug-likeness (QED) is 0.369. The van der Waals surface area contributed by atoms with Crippen LogP contribution in [0.25, 0.3) is 0 Å². The highest BCUT2D eigenvalue weighted by molar-refractivity contribution is 7.10. The number of hydrogen-bond acceptors (Lipinski definition) is 4. The van der Waals surface area contributed by atoms with Crippen molar-refractivity contribution in [3.63, 3.8) is 0 Å². The van der Waals surface area contributed by atoms with Crippen LogP contribution >= 0.6 is 22.9 Å². The average molecular weight is 511 g/mol. The zero-order chi connectivity index (χ0) is 24.9. The minimum atomic E-state index is -0.203. The van der Waals surface area contributed by atoms with Gasteiger partial charge in [0.2, 0.25) is 5.91 Å². The van der Waals surface area contributed by atoms with E-state index in [9.17, 15) is 9.59 Å². The summed E-state index contributed by atoms with van der Waals surface area (Å²) >= 11 is 7.88. The highest BCUT2D eigenvalue weighted by Gasteiger charge is 2.33. The predicted molar refractivity (Wildman–Crippen MR) is 142 cm³/mol. The highest BCUT2D eigenvalue weighted by Crippen LogP contribution is 2.34. The number of carbonyl (C=O) groups is 2. The molecular weight excluding hydrogens is 480 g/mol. The van der Waals surface area contributed by atoms with Crippen LogP contribution in [0.4, 0.5) is 0 Å². The van der Waals surface area contributed by atoms with Crippen molar-refractivity contribution >= 4 is 34.8 Å². The molecule has 0 unspecified atom stereocenters. The fourth-order valence-electron chi connectivity index (χ4n) is 4.52. The Morgan fingerprint density at radius 3 is 2.69 bits per heavy atom. The Morgan fingerprint density at radius 2 is 1.94 bits per heavy atom. The van der Waals surface area contributed by atoms with E-state index in [1.165, 1.54) is 4.88 Å². The molecule has 35 heavy (non-hydrogen) atoms. The van der Waals surface area contributed by atoms with Crippen LogP contribution < -0.4 is 4.74 Å². The number of carbonyl (C=O) groups excluding carboxylic acids is 2. The van der Waals surface area contributed by atoms with Crippen molar-refractivity contribution in [2.75, 3.05) is 26.2 Å². The normalized spacial score (nSPS) is 15.0. The summed E-state index contributed by atoms with van der Waals surface area (Å²) in [7, 11) is 0. The lowest BCUT2D eigenvalue weighted by Gasteiger charge is -2.37. The molecule has 0 bridgehead atoms. The van der Waals surface area contributed by atoms with E-state index in [4.69, 9.17) is 16.3 Å². The summed E-state index contributed by atoms with van der Waals surface area (Å²) in [5.41, 5.74) is 3.64. The third-order valence-corrected chi connectivity index (χ3v) is 7.86. The summed E-state index contributed by atoms with van der Waals surface area (Å²) in [5.74, 6) is 0.568. The van der Waals surface area contributed by atoms with Crippen molar-refractivity contribution in [3.8, 4) is 5.75 Å². The smallest absolute Gasteiger partial charge is 0.254 e. The van der Waals surface area contributed by atoms with Crippen LogP contribution in [0.3, 0.4) is 0 Å². The first-order valence-electron chi connectivity index (χ1n) is 12.0. The van der Waals surface area contributed by atoms with Gasteiger partial charge in [0.25, 0.3) is 5.91 Å². The maximum absolute atomic E-state index is 13.6. The highest BCUT2D eigenvalue weighted by atomic mass is 35.5. The molecule has 5 nitrogen and oxygen atoms in total. The van der Waals surface area contributed by atoms with Gasteiger partial charge in [-0.15, -0.1) is 11.3 Å². The number of rotatable bonds is 8. The number of hydrogen-bond donors (Lipinski definition) is 0. The van der Waals surface area contributed by atoms with E-state index in [1.54, 1.807) is 16.2 Å². The zero-order valence-corrected chi connectivity index (χ0v) is 22.0. The van der Waals surface area contributed by atoms with Crippen LogP contribution in [-0.4, -0.2) is 47.9 Å². The summed E-state index contributed by atoms with van der Waals surface area (Å²) in [6.07, 6.45) is 1.59. The van der Waals surface area contributed by atoms with Gasteiger partial charge in [-0.05, 0) is 79.1 Å². The minimum Gasteiger partial charge on any atom is -0.491 e. The second-order valence-electron chi connectivity index (χ2n) is 8.92. The van der Waals surface area contributed by atoms with Gasteiger partial charge >= 0.3 is 0 Å². The number of thiophene rings is 1. The van der Waals surface area contributed by atoms with Gasteiger partial charge in [-0.3, -0.25) is 9.59 Å². The summed E-state index contributed by atoms with van der Waals surface area (Å²) < 4.78 is 6.14. The molecule has 3 aromatic rings. The van der Waals surface area contributed by atoms with Gasteiger partial charge in [0.05, 0.1) is 6.04 Å². The molecule has 0 saturated carbocycles. The molecule has 0 saturated heterocycles. The van der Waals surface area contributed by atoms with Crippen LogP contribution in [0.5, 0.6) is 5.75 Å². The van der Waals surface area contributed by atoms with Crippen molar-refractivity contribution < 1.29 is 14.3 Å². The number of benzene rings is 2. The first-order chi connectivity index (χ1) is 16.9. The Labute approximate surface area is 216 Å². The average Bonchev–Trinajstić information content (AvgIpc) is 3.33. The largest absolute Gasteiger partial charge is 0.491 e. The van der Waals surface area contributed by atoms with Crippen LogP contribution in [0.15, 0.2) is 53.9 Å². The molecule has 4 rings (SSSR count). The van der Waals surface area contributed by atoms with Crippen LogP contribution in [0.1, 0.15) is 51.3 Å². The van der Waals surface area contributed by atoms with Crippen LogP contribution in [0, 0.1) is 13.8 Å². The standard InChI is InChI=1S/C28H31ClN2O3S/c1-4-13-30(28(33)22-8-6-5-7-19(22)2)17-27(32)31-14-11-26-23(12-15-35-26)25(31)18-34-21-9-10-24(29)20(3)16-21/h5-10,12,15-16,25H,4,11,13-14,17-18H2,1-3H3/t25-/m0/s1. The molecule has 1 atom stereocenters. The Hall–Kier alpha value is -2.83. The fourth-order valence-corrected chi connectivity index (χ4v) is 5.56. The van der Waals surface area contributed by atoms with E-state index < -0.39 is 0 Å². The van der Waals surface area contributed by atoms with Crippen LogP contribution in [-0.2, 0) is 11.2 Å². The van der Waals surface area contributed by atoms with Gasteiger partial charge in [0.15, 0.2) is 0 Å². The monoisotopic (exact) mass is 510 g/mol. The lowest BCUT2D eigenvalue weighted by molar-refractivity contribution is -0.135. The number of amides is 2. The third-order valence-electron chi connectivity index (χ3n) is 6.43. The first-order valence-corrected chi connectivity index (χ1v) is 13.2. The summed E-state index contributed by atoms with van der Waals surface area (Å²) in [5, 5.41) is 2.77. The van der Waals surface area contributed by atoms with E-state index in [1.807, 2.05) is 68.1 Å². The topological polar surface area (TPSA) is 49.9 Å². The Morgan fingerprint density at radius 1 is 1.14 bits per heavy atom. The number of halogens is 1. The van der Waals surface area contributed by atoms with Crippen molar-refractivity contribution in [2.24, 2.45) is 0 Å². The molecule has 0 N–H and O–H groups in total. The maximum Gasteiger partial charge on any atom is 0.254 e. The molecule has 2 heterocycles. The lowest BCUT2D eigenvalue weighted by atomic mass is 10.00. The Balaban J connectivity index is 1.53. The number of aryl methyl sites for hydroxylation is 2. The van der Waals surface area contributed by atoms with E-state index in [2.05, 4.69) is 11.4 Å². The van der Waals surface area contributed by atoms with Gasteiger partial charge in [-0.25, -0.2) is 0 Å². The predicted octanol–water partition coefficient (Wildman–Crippen LogP) is 6.08. The van der Waals surface area contributed by atoms with Crippen molar-refractivity contribution in [1.82, 2.24) is 9.80 Å². The summed E-state index contributed by atoms with van der Waals surface area (Å²) in [6.45, 7) is 7.42. The van der Waals surface area contributed by atoms with Gasteiger partial charge in [-0.2, -0.15) is 0 Å². The first kappa shape index (κ1) is 25.3. The van der Waals surface area contributed by atoms with E-state index in [-0.39, 0.29) is 24.4 Å². The maximum atomic E-state index is 13.6. The van der Waals surface area contributed by atoms with Gasteiger partial charge in [0, 0.05) is 28.6 Å². The van der Waals surface area contributed by atoms with Crippen molar-refractivity contribution in [2.45, 2.75) is 39.7 Å². The Kier molecular flexibility index (Phi) is 8.14. The Bertz CT molecular complexity index is 1210. The molecule has 2 amide bonds. The molecule has 1 aliphatic rings. The SMILES string of the molecule is CCCN(CC(=O)N1CCc2sccc2[C@@H]1COc1ccc(Cl)c(C)c1)C(=O)c1ccccc1C. The second kappa shape index (κ2) is 11.3. The summed E-state index contributed by atoms with van der Waals surface area (Å²) in [4.78, 5) is 31.8. The van der Waals surface area contributed by atoms with Crippen molar-refractivity contribution in [3.05, 3.63) is 86.1 Å². The third kappa shape index (κ3) is 5.71. The fraction of sp³-hybridized carbons (Fsp3) is 0.357. The molecule has 184 valence electrons. The molecule has 0 spiro atoms. The minimum absolute atomic E-state index is 0.0526. The van der Waals surface area contributed by atoms with E-state index >= 15 is 0 Å². The molecule has 1 aliphatic heterocycles. The summed E-state index contributed by atoms with van der Waals surface area (Å²) in [6, 6.07) is 15.0. The van der Waals surface area contributed by atoms with Gasteiger partial charge < -0.3 is 14.5 Å². The molecular formula is C28H31ClN2O3S. The molecule has 1 aromatic heterocycles. The van der Waals surface area contributed by atoms with E-state index in [0.717, 1.165) is 35.3 Å². The van der Waals surface area contributed by atoms with Crippen molar-refractivity contribution in [1.29, 1.82) is 0 Å². The zero-order valence-electron chi connectivity index (χ0n) is 20.4. The number of ether oxygens (including phenoxy) is 1. The lowest BCUT2D eigenvalue weighted by Crippen LogP contribution is -2.48. The van der Waals surface area contributed by atoms with Gasteiger partial charge in [-0.1, -0.05) is 36.7 Å². The molecule has 0 aliphatic carbocycles. The molecule has 0 fully saturated rings. The second-order valence-corrected chi connectivity index (χ2v) is 10.3. The van der Waals surface area contributed by atoms with Crippen LogP contribution in [0.2, 0.25) is 5.02 Å². The molecule has 0 radical (unpaired) electrons. The van der Waals surface area contributed by atoms with E-state index in [0.29, 0.717) is 30.3 Å². The van der Waals surface area contributed by atoms with Gasteiger partial charge in [0.1, 0.15) is 18.9 Å². The number of nitrogens with zero attached hydrogens (tertiary/aromatic N) is 2. The number of fused-ring (bicyclic) bond motifs is 1.